The summed E-state index contributed by atoms with van der Waals surface area (Å²) >= 11 is 3.48. The minimum atomic E-state index is 0. The van der Waals surface area contributed by atoms with E-state index in [1.807, 2.05) is 24.3 Å². The maximum atomic E-state index is 5.49. The standard InChI is InChI=1S/C17H23BrN4O.ClH/c1-2-10-22(15-6-8-19-9-7-15)12-16-20-17(21-23-16)13-4-3-5-14(18)11-13;/h3-5,11,15,19H,2,6-10,12H2,1H3;1H. The van der Waals surface area contributed by atoms with Crippen LogP contribution in [0.4, 0.5) is 0 Å². The molecule has 1 saturated heterocycles. The van der Waals surface area contributed by atoms with E-state index in [9.17, 15) is 0 Å². The molecule has 2 aromatic rings. The van der Waals surface area contributed by atoms with Gasteiger partial charge in [0.2, 0.25) is 11.7 Å². The van der Waals surface area contributed by atoms with E-state index < -0.39 is 0 Å². The maximum Gasteiger partial charge on any atom is 0.241 e. The molecule has 0 unspecified atom stereocenters. The van der Waals surface area contributed by atoms with Gasteiger partial charge in [-0.25, -0.2) is 0 Å². The quantitative estimate of drug-likeness (QED) is 0.776. The van der Waals surface area contributed by atoms with Crippen LogP contribution in [0.25, 0.3) is 11.4 Å². The highest BCUT2D eigenvalue weighted by Gasteiger charge is 2.22. The molecule has 7 heteroatoms. The van der Waals surface area contributed by atoms with Gasteiger partial charge in [-0.15, -0.1) is 12.4 Å². The molecule has 5 nitrogen and oxygen atoms in total. The third kappa shape index (κ3) is 5.02. The summed E-state index contributed by atoms with van der Waals surface area (Å²) in [6.45, 7) is 6.21. The lowest BCUT2D eigenvalue weighted by Crippen LogP contribution is -2.43. The van der Waals surface area contributed by atoms with E-state index in [1.54, 1.807) is 0 Å². The number of hydrogen-bond donors (Lipinski definition) is 1. The Morgan fingerprint density at radius 3 is 2.83 bits per heavy atom. The van der Waals surface area contributed by atoms with Crippen molar-refractivity contribution in [1.29, 1.82) is 0 Å². The fourth-order valence-corrected chi connectivity index (χ4v) is 3.49. The number of benzene rings is 1. The van der Waals surface area contributed by atoms with Crippen LogP contribution in [-0.4, -0.2) is 40.7 Å². The SMILES string of the molecule is CCCN(Cc1nc(-c2cccc(Br)c2)no1)C1CCNCC1.Cl. The largest absolute Gasteiger partial charge is 0.338 e. The van der Waals surface area contributed by atoms with Gasteiger partial charge in [0, 0.05) is 16.1 Å². The number of halogens is 2. The van der Waals surface area contributed by atoms with Gasteiger partial charge < -0.3 is 9.84 Å². The van der Waals surface area contributed by atoms with Crippen LogP contribution in [0.2, 0.25) is 0 Å². The van der Waals surface area contributed by atoms with Crippen LogP contribution < -0.4 is 5.32 Å². The predicted octanol–water partition coefficient (Wildman–Crippen LogP) is 3.88. The van der Waals surface area contributed by atoms with Gasteiger partial charge in [-0.1, -0.05) is 40.1 Å². The maximum absolute atomic E-state index is 5.49. The van der Waals surface area contributed by atoms with Gasteiger partial charge >= 0.3 is 0 Å². The molecule has 0 radical (unpaired) electrons. The van der Waals surface area contributed by atoms with Crippen LogP contribution in [0.1, 0.15) is 32.1 Å². The zero-order valence-electron chi connectivity index (χ0n) is 13.9. The number of piperidine rings is 1. The van der Waals surface area contributed by atoms with Gasteiger partial charge in [-0.05, 0) is 51.0 Å². The first-order valence-electron chi connectivity index (χ1n) is 8.29. The van der Waals surface area contributed by atoms with Crippen LogP contribution in [0, 0.1) is 0 Å². The summed E-state index contributed by atoms with van der Waals surface area (Å²) < 4.78 is 6.51. The normalized spacial score (nSPS) is 15.5. The monoisotopic (exact) mass is 414 g/mol. The molecule has 1 N–H and O–H groups in total. The Morgan fingerprint density at radius 1 is 1.33 bits per heavy atom. The highest BCUT2D eigenvalue weighted by Crippen LogP contribution is 2.21. The average Bonchev–Trinajstić information content (AvgIpc) is 3.04. The van der Waals surface area contributed by atoms with Crippen molar-refractivity contribution in [2.24, 2.45) is 0 Å². The number of aromatic nitrogens is 2. The first-order chi connectivity index (χ1) is 11.3. The zero-order chi connectivity index (χ0) is 16.1. The number of hydrogen-bond acceptors (Lipinski definition) is 5. The fraction of sp³-hybridized carbons (Fsp3) is 0.529. The molecular formula is C17H24BrClN4O. The van der Waals surface area contributed by atoms with Crippen LogP contribution in [0.3, 0.4) is 0 Å². The number of rotatable bonds is 6. The van der Waals surface area contributed by atoms with Crippen molar-refractivity contribution in [2.75, 3.05) is 19.6 Å². The lowest BCUT2D eigenvalue weighted by atomic mass is 10.0. The lowest BCUT2D eigenvalue weighted by Gasteiger charge is -2.33. The molecule has 2 heterocycles. The number of nitrogens with zero attached hydrogens (tertiary/aromatic N) is 3. The van der Waals surface area contributed by atoms with Crippen LogP contribution in [-0.2, 0) is 6.54 Å². The summed E-state index contributed by atoms with van der Waals surface area (Å²) in [5, 5.41) is 7.56. The van der Waals surface area contributed by atoms with Crippen molar-refractivity contribution < 1.29 is 4.52 Å². The van der Waals surface area contributed by atoms with Crippen molar-refractivity contribution >= 4 is 28.3 Å². The highest BCUT2D eigenvalue weighted by molar-refractivity contribution is 9.10. The van der Waals surface area contributed by atoms with Crippen molar-refractivity contribution in [3.05, 3.63) is 34.6 Å². The van der Waals surface area contributed by atoms with Crippen molar-refractivity contribution in [1.82, 2.24) is 20.4 Å². The molecule has 0 amide bonds. The molecule has 0 saturated carbocycles. The Bertz CT molecular complexity index is 631. The minimum absolute atomic E-state index is 0. The van der Waals surface area contributed by atoms with E-state index in [0.29, 0.717) is 17.8 Å². The Hall–Kier alpha value is -0.950. The molecule has 1 fully saturated rings. The second-order valence-corrected chi connectivity index (χ2v) is 6.89. The second kappa shape index (κ2) is 9.51. The topological polar surface area (TPSA) is 54.2 Å². The highest BCUT2D eigenvalue weighted by atomic mass is 79.9. The molecular weight excluding hydrogens is 392 g/mol. The molecule has 3 rings (SSSR count). The molecule has 0 atom stereocenters. The van der Waals surface area contributed by atoms with Crippen LogP contribution >= 0.6 is 28.3 Å². The van der Waals surface area contributed by atoms with E-state index in [1.165, 1.54) is 12.8 Å². The minimum Gasteiger partial charge on any atom is -0.338 e. The predicted molar refractivity (Wildman–Crippen MR) is 101 cm³/mol. The molecule has 1 aromatic heterocycles. The summed E-state index contributed by atoms with van der Waals surface area (Å²) in [4.78, 5) is 7.07. The molecule has 132 valence electrons. The van der Waals surface area contributed by atoms with E-state index in [-0.39, 0.29) is 12.4 Å². The van der Waals surface area contributed by atoms with E-state index in [2.05, 4.69) is 43.2 Å². The zero-order valence-corrected chi connectivity index (χ0v) is 16.3. The second-order valence-electron chi connectivity index (χ2n) is 5.97. The van der Waals surface area contributed by atoms with E-state index in [0.717, 1.165) is 42.6 Å². The van der Waals surface area contributed by atoms with Gasteiger partial charge in [0.25, 0.3) is 0 Å². The Kier molecular flexibility index (Phi) is 7.68. The average molecular weight is 416 g/mol. The van der Waals surface area contributed by atoms with Gasteiger partial charge in [-0.2, -0.15) is 4.98 Å². The van der Waals surface area contributed by atoms with Gasteiger partial charge in [0.1, 0.15) is 0 Å². The molecule has 1 aromatic carbocycles. The summed E-state index contributed by atoms with van der Waals surface area (Å²) in [5.41, 5.74) is 0.971. The summed E-state index contributed by atoms with van der Waals surface area (Å²) in [6, 6.07) is 8.58. The summed E-state index contributed by atoms with van der Waals surface area (Å²) in [6.07, 6.45) is 3.51. The Labute approximate surface area is 157 Å². The summed E-state index contributed by atoms with van der Waals surface area (Å²) in [5.74, 6) is 1.36. The third-order valence-corrected chi connectivity index (χ3v) is 4.72. The van der Waals surface area contributed by atoms with Crippen molar-refractivity contribution in [2.45, 2.75) is 38.8 Å². The molecule has 1 aliphatic heterocycles. The summed E-state index contributed by atoms with van der Waals surface area (Å²) in [7, 11) is 0. The number of nitrogens with one attached hydrogen (secondary N) is 1. The van der Waals surface area contributed by atoms with Crippen molar-refractivity contribution in [3.8, 4) is 11.4 Å². The van der Waals surface area contributed by atoms with Gasteiger partial charge in [0.05, 0.1) is 6.54 Å². The molecule has 0 aliphatic carbocycles. The molecule has 0 bridgehead atoms. The molecule has 1 aliphatic rings. The molecule has 0 spiro atoms. The first kappa shape index (κ1) is 19.4. The van der Waals surface area contributed by atoms with E-state index in [4.69, 9.17) is 4.52 Å². The molecule has 24 heavy (non-hydrogen) atoms. The van der Waals surface area contributed by atoms with Crippen LogP contribution in [0.15, 0.2) is 33.3 Å². The first-order valence-corrected chi connectivity index (χ1v) is 9.09. The third-order valence-electron chi connectivity index (χ3n) is 4.23. The van der Waals surface area contributed by atoms with E-state index >= 15 is 0 Å². The van der Waals surface area contributed by atoms with Gasteiger partial charge in [-0.3, -0.25) is 4.90 Å². The Balaban J connectivity index is 0.00000208. The van der Waals surface area contributed by atoms with Gasteiger partial charge in [0.15, 0.2) is 0 Å². The van der Waals surface area contributed by atoms with Crippen LogP contribution in [0.5, 0.6) is 0 Å². The lowest BCUT2D eigenvalue weighted by molar-refractivity contribution is 0.137. The Morgan fingerprint density at radius 2 is 2.12 bits per heavy atom. The van der Waals surface area contributed by atoms with Crippen molar-refractivity contribution in [3.63, 3.8) is 0 Å². The fourth-order valence-electron chi connectivity index (χ4n) is 3.09. The smallest absolute Gasteiger partial charge is 0.241 e.